The zero-order valence-electron chi connectivity index (χ0n) is 12.2. The Labute approximate surface area is 141 Å². The van der Waals surface area contributed by atoms with Crippen molar-refractivity contribution in [3.05, 3.63) is 52.6 Å². The van der Waals surface area contributed by atoms with Crippen LogP contribution in [0.25, 0.3) is 0 Å². The van der Waals surface area contributed by atoms with E-state index in [0.29, 0.717) is 15.9 Å². The number of pyridine rings is 1. The van der Waals surface area contributed by atoms with Crippen molar-refractivity contribution < 1.29 is 19.1 Å². The van der Waals surface area contributed by atoms with Gasteiger partial charge in [-0.1, -0.05) is 30.3 Å². The highest BCUT2D eigenvalue weighted by Crippen LogP contribution is 2.37. The lowest BCUT2D eigenvalue weighted by Crippen LogP contribution is -2.45. The number of methoxy groups -OCH3 is 1. The van der Waals surface area contributed by atoms with Gasteiger partial charge in [0.25, 0.3) is 5.91 Å². The van der Waals surface area contributed by atoms with Crippen molar-refractivity contribution in [2.24, 2.45) is 0 Å². The summed E-state index contributed by atoms with van der Waals surface area (Å²) in [7, 11) is 1.29. The lowest BCUT2D eigenvalue weighted by atomic mass is 10.0. The molecular weight excluding hydrogens is 364 g/mol. The smallest absolute Gasteiger partial charge is 0.333 e. The Morgan fingerprint density at radius 2 is 2.04 bits per heavy atom. The molecule has 1 aromatic heterocycles. The van der Waals surface area contributed by atoms with Crippen molar-refractivity contribution in [3.63, 3.8) is 0 Å². The zero-order chi connectivity index (χ0) is 16.4. The van der Waals surface area contributed by atoms with E-state index in [9.17, 15) is 9.59 Å². The minimum Gasteiger partial charge on any atom is -0.480 e. The van der Waals surface area contributed by atoms with Crippen molar-refractivity contribution >= 4 is 33.6 Å². The Bertz CT molecular complexity index is 751. The van der Waals surface area contributed by atoms with Crippen molar-refractivity contribution in [1.82, 2.24) is 4.98 Å². The van der Waals surface area contributed by atoms with Crippen LogP contribution in [0.15, 0.2) is 47.1 Å². The predicted octanol–water partition coefficient (Wildman–Crippen LogP) is 2.48. The number of amides is 1. The van der Waals surface area contributed by atoms with Gasteiger partial charge < -0.3 is 9.47 Å². The average molecular weight is 377 g/mol. The number of benzene rings is 1. The van der Waals surface area contributed by atoms with Gasteiger partial charge in [0.1, 0.15) is 4.60 Å². The third-order valence-corrected chi connectivity index (χ3v) is 3.89. The number of rotatable bonds is 3. The van der Waals surface area contributed by atoms with Crippen molar-refractivity contribution in [3.8, 4) is 5.75 Å². The summed E-state index contributed by atoms with van der Waals surface area (Å²) in [6, 6.07) is 11.5. The maximum absolute atomic E-state index is 12.4. The monoisotopic (exact) mass is 376 g/mol. The second-order valence-electron chi connectivity index (χ2n) is 4.84. The molecule has 1 unspecified atom stereocenters. The number of hydrogen-bond donors (Lipinski definition) is 0. The van der Waals surface area contributed by atoms with E-state index in [1.165, 1.54) is 12.0 Å². The summed E-state index contributed by atoms with van der Waals surface area (Å²) in [5, 5.41) is 0. The summed E-state index contributed by atoms with van der Waals surface area (Å²) < 4.78 is 10.8. The molecule has 2 aromatic rings. The second kappa shape index (κ2) is 6.37. The molecule has 1 aliphatic rings. The molecule has 0 fully saturated rings. The molecule has 6 nitrogen and oxygen atoms in total. The summed E-state index contributed by atoms with van der Waals surface area (Å²) >= 11 is 3.28. The number of anilines is 1. The number of carbonyl (C=O) groups excluding carboxylic acids is 2. The number of fused-ring (bicyclic) bond motifs is 1. The van der Waals surface area contributed by atoms with E-state index in [4.69, 9.17) is 9.47 Å². The molecule has 1 atom stereocenters. The minimum atomic E-state index is -0.918. The first-order chi connectivity index (χ1) is 11.1. The van der Waals surface area contributed by atoms with Gasteiger partial charge in [-0.15, -0.1) is 0 Å². The first-order valence-electron chi connectivity index (χ1n) is 6.86. The Balaban J connectivity index is 2.14. The summed E-state index contributed by atoms with van der Waals surface area (Å²) in [5.41, 5.74) is 0.641. The van der Waals surface area contributed by atoms with Gasteiger partial charge in [0.15, 0.2) is 24.2 Å². The quantitative estimate of drug-likeness (QED) is 0.607. The molecule has 0 bridgehead atoms. The summed E-state index contributed by atoms with van der Waals surface area (Å²) in [6.07, 6.45) is 0. The Hall–Kier alpha value is -2.41. The van der Waals surface area contributed by atoms with Crippen LogP contribution >= 0.6 is 15.9 Å². The number of nitrogens with zero attached hydrogens (tertiary/aromatic N) is 2. The largest absolute Gasteiger partial charge is 0.480 e. The van der Waals surface area contributed by atoms with Crippen LogP contribution in [0.2, 0.25) is 0 Å². The molecule has 0 saturated carbocycles. The molecule has 1 aliphatic heterocycles. The van der Waals surface area contributed by atoms with Gasteiger partial charge in [0.2, 0.25) is 0 Å². The standard InChI is InChI=1S/C16H13BrN2O4/c1-22-16(21)14(10-5-3-2-4-6-10)19-13(20)9-23-11-7-8-12(17)18-15(11)19/h2-8,14H,9H2,1H3. The summed E-state index contributed by atoms with van der Waals surface area (Å²) in [4.78, 5) is 30.4. The molecule has 118 valence electrons. The Morgan fingerprint density at radius 3 is 2.74 bits per heavy atom. The first-order valence-corrected chi connectivity index (χ1v) is 7.65. The van der Waals surface area contributed by atoms with Crippen molar-refractivity contribution in [2.75, 3.05) is 18.6 Å². The number of aromatic nitrogens is 1. The van der Waals surface area contributed by atoms with E-state index in [2.05, 4.69) is 20.9 Å². The topological polar surface area (TPSA) is 68.7 Å². The Morgan fingerprint density at radius 1 is 1.30 bits per heavy atom. The van der Waals surface area contributed by atoms with E-state index in [1.807, 2.05) is 6.07 Å². The number of carbonyl (C=O) groups is 2. The average Bonchev–Trinajstić information content (AvgIpc) is 2.58. The molecule has 0 spiro atoms. The van der Waals surface area contributed by atoms with E-state index in [1.54, 1.807) is 36.4 Å². The van der Waals surface area contributed by atoms with Gasteiger partial charge in [0.05, 0.1) is 7.11 Å². The second-order valence-corrected chi connectivity index (χ2v) is 5.66. The molecule has 0 N–H and O–H groups in total. The lowest BCUT2D eigenvalue weighted by molar-refractivity contribution is -0.144. The molecule has 0 saturated heterocycles. The van der Waals surface area contributed by atoms with E-state index in [-0.39, 0.29) is 18.3 Å². The molecule has 0 aliphatic carbocycles. The number of hydrogen-bond acceptors (Lipinski definition) is 5. The third-order valence-electron chi connectivity index (χ3n) is 3.45. The van der Waals surface area contributed by atoms with Crippen molar-refractivity contribution in [1.29, 1.82) is 0 Å². The van der Waals surface area contributed by atoms with Crippen LogP contribution in [0.4, 0.5) is 5.82 Å². The first kappa shape index (κ1) is 15.5. The van der Waals surface area contributed by atoms with E-state index >= 15 is 0 Å². The van der Waals surface area contributed by atoms with Gasteiger partial charge in [-0.05, 0) is 33.6 Å². The van der Waals surface area contributed by atoms with Crippen molar-refractivity contribution in [2.45, 2.75) is 6.04 Å². The molecule has 3 rings (SSSR count). The van der Waals surface area contributed by atoms with Crippen LogP contribution in [0.5, 0.6) is 5.75 Å². The number of ether oxygens (including phenoxy) is 2. The van der Waals surface area contributed by atoms with Crippen LogP contribution in [-0.2, 0) is 14.3 Å². The highest BCUT2D eigenvalue weighted by Gasteiger charge is 2.38. The summed E-state index contributed by atoms with van der Waals surface area (Å²) in [6.45, 7) is -0.156. The molecule has 7 heteroatoms. The predicted molar refractivity (Wildman–Crippen MR) is 86.1 cm³/mol. The molecule has 23 heavy (non-hydrogen) atoms. The van der Waals surface area contributed by atoms with Gasteiger partial charge in [-0.2, -0.15) is 0 Å². The molecule has 1 aromatic carbocycles. The highest BCUT2D eigenvalue weighted by molar-refractivity contribution is 9.10. The normalized spacial score (nSPS) is 14.7. The van der Waals surface area contributed by atoms with Crippen LogP contribution in [0.1, 0.15) is 11.6 Å². The summed E-state index contributed by atoms with van der Waals surface area (Å²) in [5.74, 6) is -0.172. The fourth-order valence-corrected chi connectivity index (χ4v) is 2.73. The molecule has 1 amide bonds. The molecule has 0 radical (unpaired) electrons. The van der Waals surface area contributed by atoms with Gasteiger partial charge in [-0.25, -0.2) is 9.78 Å². The molecular formula is C16H13BrN2O4. The van der Waals surface area contributed by atoms with Gasteiger partial charge >= 0.3 is 5.97 Å². The Kier molecular flexibility index (Phi) is 4.29. The van der Waals surface area contributed by atoms with Crippen LogP contribution < -0.4 is 9.64 Å². The van der Waals surface area contributed by atoms with E-state index < -0.39 is 12.0 Å². The van der Waals surface area contributed by atoms with E-state index in [0.717, 1.165) is 0 Å². The fourth-order valence-electron chi connectivity index (χ4n) is 2.43. The minimum absolute atomic E-state index is 0.156. The lowest BCUT2D eigenvalue weighted by Gasteiger charge is -2.33. The zero-order valence-corrected chi connectivity index (χ0v) is 13.8. The van der Waals surface area contributed by atoms with Gasteiger partial charge in [-0.3, -0.25) is 9.69 Å². The third kappa shape index (κ3) is 2.92. The highest BCUT2D eigenvalue weighted by atomic mass is 79.9. The number of esters is 1. The maximum atomic E-state index is 12.4. The van der Waals surface area contributed by atoms with Crippen LogP contribution in [0.3, 0.4) is 0 Å². The van der Waals surface area contributed by atoms with Crippen LogP contribution in [-0.4, -0.2) is 30.6 Å². The van der Waals surface area contributed by atoms with Crippen LogP contribution in [0, 0.1) is 0 Å². The SMILES string of the molecule is COC(=O)C(c1ccccc1)N1C(=O)COc2ccc(Br)nc21. The van der Waals surface area contributed by atoms with Gasteiger partial charge in [0, 0.05) is 0 Å². The number of halogens is 1. The molecule has 2 heterocycles. The maximum Gasteiger partial charge on any atom is 0.333 e. The fraction of sp³-hybridized carbons (Fsp3) is 0.188.